The topological polar surface area (TPSA) is 114 Å². The Balaban J connectivity index is 1.59. The number of thiophene rings is 1. The van der Waals surface area contributed by atoms with Gasteiger partial charge in [-0.05, 0) is 29.8 Å². The summed E-state index contributed by atoms with van der Waals surface area (Å²) in [4.78, 5) is 24.9. The van der Waals surface area contributed by atoms with E-state index >= 15 is 0 Å². The van der Waals surface area contributed by atoms with Crippen molar-refractivity contribution in [3.05, 3.63) is 46.8 Å². The van der Waals surface area contributed by atoms with E-state index in [0.29, 0.717) is 32.1 Å². The maximum absolute atomic E-state index is 12.7. The third-order valence-electron chi connectivity index (χ3n) is 4.95. The molecule has 1 aromatic heterocycles. The van der Waals surface area contributed by atoms with Crippen LogP contribution in [-0.2, 0) is 30.9 Å². The number of benzene rings is 1. The highest BCUT2D eigenvalue weighted by Crippen LogP contribution is 2.26. The van der Waals surface area contributed by atoms with E-state index in [0.717, 1.165) is 21.8 Å². The van der Waals surface area contributed by atoms with Gasteiger partial charge >= 0.3 is 0 Å². The van der Waals surface area contributed by atoms with Crippen LogP contribution in [0.1, 0.15) is 29.8 Å². The molecule has 1 unspecified atom stereocenters. The molecule has 0 aliphatic carbocycles. The fourth-order valence-electron chi connectivity index (χ4n) is 3.28. The Morgan fingerprint density at radius 1 is 1.16 bits per heavy atom. The first-order chi connectivity index (χ1) is 15.3. The molecule has 0 radical (unpaired) electrons. The van der Waals surface area contributed by atoms with Crippen LogP contribution in [0.5, 0.6) is 5.75 Å². The molecule has 0 spiro atoms. The van der Waals surface area contributed by atoms with Gasteiger partial charge in [0.05, 0.1) is 39.3 Å². The SMILES string of the molecule is COc1ccc(C(CC(=O)NCc2ccc(S(=O)(=O)N3CCOCC3)s2)NC(C)=O)cc1. The fourth-order valence-corrected chi connectivity index (χ4v) is 6.14. The standard InChI is InChI=1S/C21H27N3O6S2/c1-15(25)23-19(16-3-5-17(29-2)6-4-16)13-20(26)22-14-18-7-8-21(31-18)32(27,28)24-9-11-30-12-10-24/h3-8,19H,9-14H2,1-2H3,(H,22,26)(H,23,25). The van der Waals surface area contributed by atoms with Crippen molar-refractivity contribution in [3.8, 4) is 5.75 Å². The largest absolute Gasteiger partial charge is 0.497 e. The van der Waals surface area contributed by atoms with Gasteiger partial charge in [-0.1, -0.05) is 12.1 Å². The molecule has 174 valence electrons. The molecule has 3 rings (SSSR count). The van der Waals surface area contributed by atoms with Gasteiger partial charge in [0.15, 0.2) is 0 Å². The zero-order valence-corrected chi connectivity index (χ0v) is 19.6. The van der Waals surface area contributed by atoms with Crippen LogP contribution in [0.4, 0.5) is 0 Å². The Morgan fingerprint density at radius 3 is 2.47 bits per heavy atom. The second-order valence-electron chi connectivity index (χ2n) is 7.24. The lowest BCUT2D eigenvalue weighted by Gasteiger charge is -2.25. The van der Waals surface area contributed by atoms with Crippen LogP contribution in [0, 0.1) is 0 Å². The Morgan fingerprint density at radius 2 is 1.84 bits per heavy atom. The lowest BCUT2D eigenvalue weighted by molar-refractivity contribution is -0.122. The summed E-state index contributed by atoms with van der Waals surface area (Å²) < 4.78 is 37.5. The zero-order valence-electron chi connectivity index (χ0n) is 18.0. The summed E-state index contributed by atoms with van der Waals surface area (Å²) in [5, 5.41) is 5.60. The fraction of sp³-hybridized carbons (Fsp3) is 0.429. The van der Waals surface area contributed by atoms with Crippen molar-refractivity contribution in [1.29, 1.82) is 0 Å². The lowest BCUT2D eigenvalue weighted by Crippen LogP contribution is -2.40. The summed E-state index contributed by atoms with van der Waals surface area (Å²) in [6, 6.07) is 9.92. The van der Waals surface area contributed by atoms with E-state index in [1.165, 1.54) is 11.2 Å². The average molecular weight is 482 g/mol. The number of carbonyl (C=O) groups excluding carboxylic acids is 2. The van der Waals surface area contributed by atoms with E-state index in [-0.39, 0.29) is 29.0 Å². The van der Waals surface area contributed by atoms with E-state index in [1.807, 2.05) is 0 Å². The maximum Gasteiger partial charge on any atom is 0.252 e. The smallest absolute Gasteiger partial charge is 0.252 e. The first-order valence-electron chi connectivity index (χ1n) is 10.1. The molecule has 9 nitrogen and oxygen atoms in total. The minimum Gasteiger partial charge on any atom is -0.497 e. The molecule has 2 amide bonds. The highest BCUT2D eigenvalue weighted by Gasteiger charge is 2.27. The van der Waals surface area contributed by atoms with Crippen molar-refractivity contribution in [1.82, 2.24) is 14.9 Å². The highest BCUT2D eigenvalue weighted by molar-refractivity contribution is 7.91. The minimum absolute atomic E-state index is 0.0518. The molecular weight excluding hydrogens is 454 g/mol. The third-order valence-corrected chi connectivity index (χ3v) is 8.40. The Kier molecular flexibility index (Phi) is 8.24. The molecule has 1 atom stereocenters. The molecule has 32 heavy (non-hydrogen) atoms. The van der Waals surface area contributed by atoms with Gasteiger partial charge < -0.3 is 20.1 Å². The summed E-state index contributed by atoms with van der Waals surface area (Å²) in [5.74, 6) is 0.181. The van der Waals surface area contributed by atoms with Crippen molar-refractivity contribution in [2.45, 2.75) is 30.1 Å². The molecule has 2 N–H and O–H groups in total. The highest BCUT2D eigenvalue weighted by atomic mass is 32.2. The van der Waals surface area contributed by atoms with E-state index in [4.69, 9.17) is 9.47 Å². The number of amides is 2. The number of nitrogens with zero attached hydrogens (tertiary/aromatic N) is 1. The number of rotatable bonds is 9. The van der Waals surface area contributed by atoms with Crippen molar-refractivity contribution < 1.29 is 27.5 Å². The van der Waals surface area contributed by atoms with E-state index in [1.54, 1.807) is 43.5 Å². The van der Waals surface area contributed by atoms with Crippen molar-refractivity contribution >= 4 is 33.2 Å². The molecule has 1 aromatic carbocycles. The van der Waals surface area contributed by atoms with Gasteiger partial charge in [-0.15, -0.1) is 11.3 Å². The second kappa shape index (κ2) is 10.9. The number of nitrogens with one attached hydrogen (secondary N) is 2. The normalized spacial score (nSPS) is 15.7. The minimum atomic E-state index is -3.55. The Hall–Kier alpha value is -2.47. The predicted molar refractivity (Wildman–Crippen MR) is 120 cm³/mol. The molecule has 0 saturated carbocycles. The summed E-state index contributed by atoms with van der Waals surface area (Å²) in [6.45, 7) is 3.05. The molecule has 2 heterocycles. The molecule has 1 aliphatic rings. The van der Waals surface area contributed by atoms with Gasteiger partial charge in [0.2, 0.25) is 11.8 Å². The number of carbonyl (C=O) groups is 2. The number of ether oxygens (including phenoxy) is 2. The third kappa shape index (κ3) is 6.28. The van der Waals surface area contributed by atoms with Crippen LogP contribution in [0.25, 0.3) is 0 Å². The van der Waals surface area contributed by atoms with E-state index in [2.05, 4.69) is 10.6 Å². The molecule has 1 fully saturated rings. The van der Waals surface area contributed by atoms with Gasteiger partial charge in [0.1, 0.15) is 9.96 Å². The van der Waals surface area contributed by atoms with Crippen LogP contribution in [0.2, 0.25) is 0 Å². The number of hydrogen-bond acceptors (Lipinski definition) is 7. The van der Waals surface area contributed by atoms with Crippen LogP contribution in [-0.4, -0.2) is 58.0 Å². The summed E-state index contributed by atoms with van der Waals surface area (Å²) in [6.07, 6.45) is 0.0518. The zero-order chi connectivity index (χ0) is 23.1. The summed E-state index contributed by atoms with van der Waals surface area (Å²) in [7, 11) is -1.99. The summed E-state index contributed by atoms with van der Waals surface area (Å²) in [5.41, 5.74) is 0.783. The number of methoxy groups -OCH3 is 1. The summed E-state index contributed by atoms with van der Waals surface area (Å²) >= 11 is 1.14. The number of sulfonamides is 1. The number of morpholine rings is 1. The van der Waals surface area contributed by atoms with Crippen LogP contribution in [0.3, 0.4) is 0 Å². The second-order valence-corrected chi connectivity index (χ2v) is 10.6. The Labute approximate surface area is 191 Å². The molecule has 0 bridgehead atoms. The van der Waals surface area contributed by atoms with Gasteiger partial charge in [0.25, 0.3) is 10.0 Å². The van der Waals surface area contributed by atoms with Crippen molar-refractivity contribution in [3.63, 3.8) is 0 Å². The predicted octanol–water partition coefficient (Wildman–Crippen LogP) is 1.66. The first kappa shape index (κ1) is 24.2. The van der Waals surface area contributed by atoms with Gasteiger partial charge in [-0.25, -0.2) is 8.42 Å². The molecule has 1 aliphatic heterocycles. The Bertz CT molecular complexity index is 1030. The van der Waals surface area contributed by atoms with E-state index < -0.39 is 16.1 Å². The molecular formula is C21H27N3O6S2. The van der Waals surface area contributed by atoms with E-state index in [9.17, 15) is 18.0 Å². The molecule has 1 saturated heterocycles. The molecule has 11 heteroatoms. The van der Waals surface area contributed by atoms with Gasteiger partial charge in [0, 0.05) is 24.9 Å². The quantitative estimate of drug-likeness (QED) is 0.563. The van der Waals surface area contributed by atoms with Crippen LogP contribution < -0.4 is 15.4 Å². The van der Waals surface area contributed by atoms with Gasteiger partial charge in [-0.2, -0.15) is 4.31 Å². The monoisotopic (exact) mass is 481 g/mol. The molecule has 2 aromatic rings. The van der Waals surface area contributed by atoms with Crippen LogP contribution >= 0.6 is 11.3 Å². The van der Waals surface area contributed by atoms with Crippen molar-refractivity contribution in [2.24, 2.45) is 0 Å². The van der Waals surface area contributed by atoms with Crippen molar-refractivity contribution in [2.75, 3.05) is 33.4 Å². The average Bonchev–Trinajstić information content (AvgIpc) is 3.28. The maximum atomic E-state index is 12.7. The van der Waals surface area contributed by atoms with Gasteiger partial charge in [-0.3, -0.25) is 9.59 Å². The number of hydrogen-bond donors (Lipinski definition) is 2. The van der Waals surface area contributed by atoms with Crippen LogP contribution in [0.15, 0.2) is 40.6 Å². The lowest BCUT2D eigenvalue weighted by atomic mass is 10.0. The first-order valence-corrected chi connectivity index (χ1v) is 12.4.